The van der Waals surface area contributed by atoms with Crippen LogP contribution in [0.1, 0.15) is 24.8 Å². The Morgan fingerprint density at radius 3 is 2.96 bits per heavy atom. The van der Waals surface area contributed by atoms with Crippen molar-refractivity contribution in [2.75, 3.05) is 36.6 Å². The summed E-state index contributed by atoms with van der Waals surface area (Å²) in [7, 11) is 0. The summed E-state index contributed by atoms with van der Waals surface area (Å²) >= 11 is 6.36. The van der Waals surface area contributed by atoms with Gasteiger partial charge in [0.25, 0.3) is 0 Å². The van der Waals surface area contributed by atoms with E-state index in [1.165, 1.54) is 0 Å². The number of aliphatic hydroxyl groups is 1. The summed E-state index contributed by atoms with van der Waals surface area (Å²) in [4.78, 5) is 10.8. The minimum Gasteiger partial charge on any atom is -0.489 e. The second kappa shape index (κ2) is 8.19. The lowest BCUT2D eigenvalue weighted by atomic mass is 10.2. The number of aliphatic hydroxyl groups excluding tert-OH is 1. The molecule has 4 rings (SSSR count). The molecule has 0 aliphatic carbocycles. The Morgan fingerprint density at radius 1 is 1.19 bits per heavy atom. The average Bonchev–Trinajstić information content (AvgIpc) is 3.04. The lowest BCUT2D eigenvalue weighted by Gasteiger charge is -2.24. The highest BCUT2D eigenvalue weighted by Crippen LogP contribution is 2.38. The van der Waals surface area contributed by atoms with Crippen LogP contribution in [0.4, 0.5) is 11.6 Å². The Bertz CT molecular complexity index is 805. The summed E-state index contributed by atoms with van der Waals surface area (Å²) in [6.07, 6.45) is 4.44. The molecule has 27 heavy (non-hydrogen) atoms. The Balaban J connectivity index is 1.47. The van der Waals surface area contributed by atoms with Gasteiger partial charge in [0, 0.05) is 25.6 Å². The van der Waals surface area contributed by atoms with Gasteiger partial charge >= 0.3 is 0 Å². The number of hydrogen-bond donors (Lipinski definition) is 2. The third-order valence-electron chi connectivity index (χ3n) is 4.87. The molecule has 0 spiro atoms. The van der Waals surface area contributed by atoms with Crippen molar-refractivity contribution in [2.24, 2.45) is 0 Å². The van der Waals surface area contributed by atoms with Crippen LogP contribution in [-0.2, 0) is 6.54 Å². The van der Waals surface area contributed by atoms with Crippen molar-refractivity contribution in [1.29, 1.82) is 0 Å². The first-order chi connectivity index (χ1) is 13.2. The summed E-state index contributed by atoms with van der Waals surface area (Å²) in [5.74, 6) is 2.86. The van der Waals surface area contributed by atoms with E-state index < -0.39 is 0 Å². The lowest BCUT2D eigenvalue weighted by molar-refractivity contribution is 0.266. The first kappa shape index (κ1) is 18.1. The smallest absolute Gasteiger partial charge is 0.179 e. The zero-order valence-electron chi connectivity index (χ0n) is 15.0. The Labute approximate surface area is 163 Å². The molecule has 8 heteroatoms. The fourth-order valence-electron chi connectivity index (χ4n) is 3.51. The maximum absolute atomic E-state index is 9.53. The molecule has 3 heterocycles. The number of nitrogens with zero attached hydrogens (tertiary/aromatic N) is 3. The zero-order valence-corrected chi connectivity index (χ0v) is 15.8. The number of benzene rings is 1. The van der Waals surface area contributed by atoms with E-state index in [2.05, 4.69) is 20.2 Å². The van der Waals surface area contributed by atoms with Gasteiger partial charge < -0.3 is 24.8 Å². The fourth-order valence-corrected chi connectivity index (χ4v) is 3.79. The fraction of sp³-hybridized carbons (Fsp3) is 0.474. The molecule has 1 fully saturated rings. The Hall–Kier alpha value is -2.25. The van der Waals surface area contributed by atoms with Gasteiger partial charge in [-0.2, -0.15) is 0 Å². The molecule has 2 N–H and O–H groups in total. The van der Waals surface area contributed by atoms with Gasteiger partial charge in [-0.1, -0.05) is 11.6 Å². The van der Waals surface area contributed by atoms with E-state index in [1.807, 2.05) is 18.2 Å². The standard InChI is InChI=1S/C19H23ClN4O3/c20-15-7-13(8-16-19(15)27-6-2-5-26-16)10-21-17-9-18(23-12-22-17)24-4-1-3-14(24)11-25/h7-9,12,14,25H,1-6,10-11H2,(H,21,22,23). The predicted octanol–water partition coefficient (Wildman–Crippen LogP) is 2.86. The molecule has 0 bridgehead atoms. The molecule has 2 aliphatic rings. The van der Waals surface area contributed by atoms with Crippen molar-refractivity contribution < 1.29 is 14.6 Å². The van der Waals surface area contributed by atoms with Crippen LogP contribution in [0.3, 0.4) is 0 Å². The molecule has 0 saturated carbocycles. The normalized spacial score (nSPS) is 19.0. The Kier molecular flexibility index (Phi) is 5.50. The van der Waals surface area contributed by atoms with Gasteiger partial charge in [-0.15, -0.1) is 0 Å². The number of halogens is 1. The van der Waals surface area contributed by atoms with Gasteiger partial charge in [-0.05, 0) is 30.5 Å². The van der Waals surface area contributed by atoms with Crippen LogP contribution in [0.2, 0.25) is 5.02 Å². The highest BCUT2D eigenvalue weighted by atomic mass is 35.5. The van der Waals surface area contributed by atoms with Crippen molar-refractivity contribution in [3.05, 3.63) is 35.1 Å². The third-order valence-corrected chi connectivity index (χ3v) is 5.15. The Morgan fingerprint density at radius 2 is 2.07 bits per heavy atom. The van der Waals surface area contributed by atoms with Gasteiger partial charge in [0.05, 0.1) is 30.9 Å². The molecule has 1 atom stereocenters. The van der Waals surface area contributed by atoms with E-state index in [0.717, 1.165) is 43.0 Å². The monoisotopic (exact) mass is 390 g/mol. The molecule has 7 nitrogen and oxygen atoms in total. The molecule has 0 radical (unpaired) electrons. The van der Waals surface area contributed by atoms with E-state index in [9.17, 15) is 5.11 Å². The molecule has 1 aromatic heterocycles. The largest absolute Gasteiger partial charge is 0.489 e. The van der Waals surface area contributed by atoms with E-state index in [0.29, 0.717) is 36.3 Å². The molecule has 0 amide bonds. The van der Waals surface area contributed by atoms with Crippen molar-refractivity contribution in [3.8, 4) is 11.5 Å². The van der Waals surface area contributed by atoms with Gasteiger partial charge in [0.15, 0.2) is 11.5 Å². The minimum atomic E-state index is 0.133. The third kappa shape index (κ3) is 4.04. The summed E-state index contributed by atoms with van der Waals surface area (Å²) in [5.41, 5.74) is 0.985. The highest BCUT2D eigenvalue weighted by molar-refractivity contribution is 6.32. The van der Waals surface area contributed by atoms with Crippen LogP contribution >= 0.6 is 11.6 Å². The van der Waals surface area contributed by atoms with Crippen molar-refractivity contribution in [2.45, 2.75) is 31.8 Å². The lowest BCUT2D eigenvalue weighted by Crippen LogP contribution is -2.32. The first-order valence-electron chi connectivity index (χ1n) is 9.26. The van der Waals surface area contributed by atoms with E-state index in [-0.39, 0.29) is 12.6 Å². The SMILES string of the molecule is OCC1CCCN1c1cc(NCc2cc(Cl)c3c(c2)OCCCO3)ncn1. The topological polar surface area (TPSA) is 79.7 Å². The van der Waals surface area contributed by atoms with Crippen LogP contribution in [0.5, 0.6) is 11.5 Å². The molecule has 1 aromatic carbocycles. The van der Waals surface area contributed by atoms with Crippen molar-refractivity contribution in [3.63, 3.8) is 0 Å². The van der Waals surface area contributed by atoms with E-state index in [1.54, 1.807) is 6.33 Å². The molecule has 144 valence electrons. The van der Waals surface area contributed by atoms with Crippen LogP contribution in [-0.4, -0.2) is 47.5 Å². The quantitative estimate of drug-likeness (QED) is 0.812. The summed E-state index contributed by atoms with van der Waals surface area (Å²) in [5, 5.41) is 13.4. The van der Waals surface area contributed by atoms with Crippen LogP contribution in [0, 0.1) is 0 Å². The zero-order chi connectivity index (χ0) is 18.6. The molecule has 2 aliphatic heterocycles. The number of hydrogen-bond acceptors (Lipinski definition) is 7. The average molecular weight is 391 g/mol. The van der Waals surface area contributed by atoms with Gasteiger partial charge in [0.1, 0.15) is 18.0 Å². The molecule has 1 saturated heterocycles. The number of anilines is 2. The van der Waals surface area contributed by atoms with Gasteiger partial charge in [0.2, 0.25) is 0 Å². The number of ether oxygens (including phenoxy) is 2. The maximum atomic E-state index is 9.53. The van der Waals surface area contributed by atoms with E-state index >= 15 is 0 Å². The minimum absolute atomic E-state index is 0.133. The van der Waals surface area contributed by atoms with Crippen LogP contribution in [0.25, 0.3) is 0 Å². The van der Waals surface area contributed by atoms with Gasteiger partial charge in [-0.25, -0.2) is 9.97 Å². The summed E-state index contributed by atoms with van der Waals surface area (Å²) in [6.45, 7) is 2.83. The van der Waals surface area contributed by atoms with Crippen LogP contribution in [0.15, 0.2) is 24.5 Å². The second-order valence-electron chi connectivity index (χ2n) is 6.74. The highest BCUT2D eigenvalue weighted by Gasteiger charge is 2.25. The number of fused-ring (bicyclic) bond motifs is 1. The van der Waals surface area contributed by atoms with E-state index in [4.69, 9.17) is 21.1 Å². The number of nitrogens with one attached hydrogen (secondary N) is 1. The van der Waals surface area contributed by atoms with Crippen molar-refractivity contribution in [1.82, 2.24) is 9.97 Å². The first-order valence-corrected chi connectivity index (χ1v) is 9.64. The maximum Gasteiger partial charge on any atom is 0.179 e. The molecule has 2 aromatic rings. The summed E-state index contributed by atoms with van der Waals surface area (Å²) in [6, 6.07) is 5.88. The van der Waals surface area contributed by atoms with Crippen LogP contribution < -0.4 is 19.7 Å². The number of aromatic nitrogens is 2. The molecular formula is C19H23ClN4O3. The molecule has 1 unspecified atom stereocenters. The second-order valence-corrected chi connectivity index (χ2v) is 7.15. The van der Waals surface area contributed by atoms with Gasteiger partial charge in [-0.3, -0.25) is 0 Å². The predicted molar refractivity (Wildman–Crippen MR) is 104 cm³/mol. The number of rotatable bonds is 5. The van der Waals surface area contributed by atoms with Crippen molar-refractivity contribution >= 4 is 23.2 Å². The summed E-state index contributed by atoms with van der Waals surface area (Å²) < 4.78 is 11.4. The molecular weight excluding hydrogens is 368 g/mol.